The third kappa shape index (κ3) is 5.55. The molecule has 2 aliphatic rings. The number of Topliss-reactive ketones (excluding diaryl/α,β-unsaturated/α-hetero) is 1. The standard InChI is InChI=1S/C27H30N2O6/c1-2-16-35-22-10-6-20(7-11-22)25(31)23-24(19-4-8-21(30)9-5-19)29(27(33)26(23)32)13-3-12-28-14-17-34-18-15-28/h2,4-11,24,30-31H,1,3,12-18H2/b25-23+/t24-/m0/s1. The van der Waals surface area contributed by atoms with Crippen LogP contribution < -0.4 is 4.74 Å². The fourth-order valence-electron chi connectivity index (χ4n) is 4.42. The summed E-state index contributed by atoms with van der Waals surface area (Å²) in [6.07, 6.45) is 2.31. The number of aromatic hydroxyl groups is 1. The van der Waals surface area contributed by atoms with Gasteiger partial charge < -0.3 is 24.6 Å². The fourth-order valence-corrected chi connectivity index (χ4v) is 4.42. The minimum Gasteiger partial charge on any atom is -0.508 e. The second kappa shape index (κ2) is 11.2. The van der Waals surface area contributed by atoms with Crippen molar-refractivity contribution in [2.45, 2.75) is 12.5 Å². The fraction of sp³-hybridized carbons (Fsp3) is 0.333. The van der Waals surface area contributed by atoms with Crippen LogP contribution in [0.2, 0.25) is 0 Å². The first kappa shape index (κ1) is 24.5. The van der Waals surface area contributed by atoms with Crippen molar-refractivity contribution in [3.05, 3.63) is 77.9 Å². The molecule has 0 unspecified atom stereocenters. The molecule has 184 valence electrons. The van der Waals surface area contributed by atoms with E-state index in [0.717, 1.165) is 19.6 Å². The molecular formula is C27H30N2O6. The number of carbonyl (C=O) groups is 2. The number of likely N-dealkylation sites (tertiary alicyclic amines) is 1. The molecule has 1 atom stereocenters. The summed E-state index contributed by atoms with van der Waals surface area (Å²) in [7, 11) is 0. The first-order chi connectivity index (χ1) is 17.0. The van der Waals surface area contributed by atoms with Crippen LogP contribution in [-0.2, 0) is 14.3 Å². The lowest BCUT2D eigenvalue weighted by Crippen LogP contribution is -2.38. The van der Waals surface area contributed by atoms with Crippen LogP contribution in [0.25, 0.3) is 5.76 Å². The monoisotopic (exact) mass is 478 g/mol. The third-order valence-electron chi connectivity index (χ3n) is 6.22. The summed E-state index contributed by atoms with van der Waals surface area (Å²) < 4.78 is 10.9. The van der Waals surface area contributed by atoms with Crippen molar-refractivity contribution in [1.29, 1.82) is 0 Å². The van der Waals surface area contributed by atoms with Crippen molar-refractivity contribution < 1.29 is 29.3 Å². The number of hydrogen-bond donors (Lipinski definition) is 2. The molecule has 35 heavy (non-hydrogen) atoms. The number of benzene rings is 2. The molecule has 8 heteroatoms. The summed E-state index contributed by atoms with van der Waals surface area (Å²) in [5.74, 6) is -0.933. The largest absolute Gasteiger partial charge is 0.508 e. The minimum absolute atomic E-state index is 0.0341. The molecule has 1 amide bonds. The van der Waals surface area contributed by atoms with Crippen LogP contribution in [0.15, 0.2) is 66.8 Å². The molecule has 0 aromatic heterocycles. The van der Waals surface area contributed by atoms with Gasteiger partial charge in [0.2, 0.25) is 0 Å². The SMILES string of the molecule is C=CCOc1ccc(/C(O)=C2\C(=O)C(=O)N(CCCN3CCOCC3)[C@H]2c2ccc(O)cc2)cc1. The molecule has 2 N–H and O–H groups in total. The predicted molar refractivity (Wildman–Crippen MR) is 131 cm³/mol. The molecule has 0 radical (unpaired) electrons. The number of ether oxygens (including phenoxy) is 2. The molecule has 8 nitrogen and oxygen atoms in total. The highest BCUT2D eigenvalue weighted by Gasteiger charge is 2.45. The molecule has 2 aliphatic heterocycles. The van der Waals surface area contributed by atoms with Gasteiger partial charge in [-0.1, -0.05) is 24.8 Å². The zero-order valence-corrected chi connectivity index (χ0v) is 19.6. The van der Waals surface area contributed by atoms with Gasteiger partial charge in [-0.25, -0.2) is 0 Å². The van der Waals surface area contributed by atoms with E-state index in [2.05, 4.69) is 11.5 Å². The lowest BCUT2D eigenvalue weighted by Gasteiger charge is -2.29. The van der Waals surface area contributed by atoms with Crippen LogP contribution in [0, 0.1) is 0 Å². The number of aliphatic hydroxyl groups is 1. The number of carbonyl (C=O) groups excluding carboxylic acids is 2. The first-order valence-corrected chi connectivity index (χ1v) is 11.7. The number of aliphatic hydroxyl groups excluding tert-OH is 1. The number of nitrogens with zero attached hydrogens (tertiary/aromatic N) is 2. The van der Waals surface area contributed by atoms with Gasteiger partial charge in [-0.2, -0.15) is 0 Å². The molecule has 0 bridgehead atoms. The molecule has 2 aromatic carbocycles. The van der Waals surface area contributed by atoms with E-state index >= 15 is 0 Å². The normalized spacial score (nSPS) is 20.2. The Morgan fingerprint density at radius 2 is 1.74 bits per heavy atom. The molecule has 0 aliphatic carbocycles. The number of ketones is 1. The molecule has 2 aromatic rings. The van der Waals surface area contributed by atoms with Crippen LogP contribution in [0.5, 0.6) is 11.5 Å². The quantitative estimate of drug-likeness (QED) is 0.247. The van der Waals surface area contributed by atoms with Crippen molar-refractivity contribution in [2.24, 2.45) is 0 Å². The highest BCUT2D eigenvalue weighted by Crippen LogP contribution is 2.40. The lowest BCUT2D eigenvalue weighted by molar-refractivity contribution is -0.140. The maximum atomic E-state index is 13.1. The Kier molecular flexibility index (Phi) is 7.84. The number of hydrogen-bond acceptors (Lipinski definition) is 7. The highest BCUT2D eigenvalue weighted by atomic mass is 16.5. The molecule has 4 rings (SSSR count). The van der Waals surface area contributed by atoms with Crippen LogP contribution >= 0.6 is 0 Å². The molecule has 0 saturated carbocycles. The van der Waals surface area contributed by atoms with Gasteiger partial charge in [0.1, 0.15) is 23.9 Å². The zero-order valence-electron chi connectivity index (χ0n) is 19.6. The van der Waals surface area contributed by atoms with E-state index in [4.69, 9.17) is 9.47 Å². The van der Waals surface area contributed by atoms with E-state index < -0.39 is 17.7 Å². The number of morpholine rings is 1. The van der Waals surface area contributed by atoms with Crippen molar-refractivity contribution >= 4 is 17.4 Å². The Morgan fingerprint density at radius 3 is 2.40 bits per heavy atom. The summed E-state index contributed by atoms with van der Waals surface area (Å²) >= 11 is 0. The van der Waals surface area contributed by atoms with Gasteiger partial charge in [0.25, 0.3) is 11.7 Å². The first-order valence-electron chi connectivity index (χ1n) is 11.7. The number of phenols is 1. The average Bonchev–Trinajstić information content (AvgIpc) is 3.13. The van der Waals surface area contributed by atoms with Crippen LogP contribution in [0.4, 0.5) is 0 Å². The van der Waals surface area contributed by atoms with Gasteiger partial charge in [-0.15, -0.1) is 0 Å². The van der Waals surface area contributed by atoms with E-state index in [-0.39, 0.29) is 17.1 Å². The van der Waals surface area contributed by atoms with Crippen molar-refractivity contribution in [2.75, 3.05) is 46.0 Å². The Labute approximate surface area is 204 Å². The summed E-state index contributed by atoms with van der Waals surface area (Å²) in [6, 6.07) is 12.3. The Bertz CT molecular complexity index is 1090. The van der Waals surface area contributed by atoms with Gasteiger partial charge in [0, 0.05) is 31.7 Å². The van der Waals surface area contributed by atoms with Crippen LogP contribution in [0.1, 0.15) is 23.6 Å². The van der Waals surface area contributed by atoms with Gasteiger partial charge in [0.05, 0.1) is 24.8 Å². The molecular weight excluding hydrogens is 448 g/mol. The second-order valence-corrected chi connectivity index (χ2v) is 8.52. The number of amides is 1. The zero-order chi connectivity index (χ0) is 24.8. The molecule has 2 fully saturated rings. The van der Waals surface area contributed by atoms with E-state index in [1.807, 2.05) is 0 Å². The van der Waals surface area contributed by atoms with Crippen molar-refractivity contribution in [3.63, 3.8) is 0 Å². The lowest BCUT2D eigenvalue weighted by atomic mass is 9.95. The summed E-state index contributed by atoms with van der Waals surface area (Å²) in [5, 5.41) is 20.9. The molecule has 2 heterocycles. The van der Waals surface area contributed by atoms with Crippen LogP contribution in [0.3, 0.4) is 0 Å². The Morgan fingerprint density at radius 1 is 1.06 bits per heavy atom. The van der Waals surface area contributed by atoms with Gasteiger partial charge in [-0.05, 0) is 48.4 Å². The molecule has 0 spiro atoms. The number of rotatable bonds is 9. The number of phenolic OH excluding ortho intramolecular Hbond substituents is 1. The minimum atomic E-state index is -0.753. The summed E-state index contributed by atoms with van der Waals surface area (Å²) in [5.41, 5.74) is 1.08. The summed E-state index contributed by atoms with van der Waals surface area (Å²) in [6.45, 7) is 8.16. The van der Waals surface area contributed by atoms with Gasteiger partial charge in [0.15, 0.2) is 0 Å². The van der Waals surface area contributed by atoms with E-state index in [0.29, 0.717) is 49.7 Å². The predicted octanol–water partition coefficient (Wildman–Crippen LogP) is 3.10. The van der Waals surface area contributed by atoms with E-state index in [1.54, 1.807) is 42.5 Å². The second-order valence-electron chi connectivity index (χ2n) is 8.52. The van der Waals surface area contributed by atoms with Crippen LogP contribution in [-0.4, -0.2) is 77.7 Å². The maximum absolute atomic E-state index is 13.1. The van der Waals surface area contributed by atoms with Gasteiger partial charge >= 0.3 is 0 Å². The van der Waals surface area contributed by atoms with E-state index in [9.17, 15) is 19.8 Å². The topological polar surface area (TPSA) is 99.5 Å². The maximum Gasteiger partial charge on any atom is 0.295 e. The Balaban J connectivity index is 1.63. The summed E-state index contributed by atoms with van der Waals surface area (Å²) in [4.78, 5) is 30.0. The van der Waals surface area contributed by atoms with Crippen molar-refractivity contribution in [3.8, 4) is 11.5 Å². The highest BCUT2D eigenvalue weighted by molar-refractivity contribution is 6.46. The Hall–Kier alpha value is -3.62. The van der Waals surface area contributed by atoms with Crippen molar-refractivity contribution in [1.82, 2.24) is 9.80 Å². The van der Waals surface area contributed by atoms with Gasteiger partial charge in [-0.3, -0.25) is 14.5 Å². The smallest absolute Gasteiger partial charge is 0.295 e. The third-order valence-corrected chi connectivity index (χ3v) is 6.22. The molecule has 2 saturated heterocycles. The average molecular weight is 479 g/mol. The van der Waals surface area contributed by atoms with E-state index in [1.165, 1.54) is 17.0 Å².